The van der Waals surface area contributed by atoms with Crippen LogP contribution in [0.4, 0.5) is 5.69 Å². The average Bonchev–Trinajstić information content (AvgIpc) is 2.61. The van der Waals surface area contributed by atoms with Gasteiger partial charge in [-0.05, 0) is 29.5 Å². The molecule has 3 heteroatoms. The second-order valence-corrected chi connectivity index (χ2v) is 6.82. The molecule has 0 aliphatic carbocycles. The van der Waals surface area contributed by atoms with Gasteiger partial charge in [0.25, 0.3) is 5.91 Å². The van der Waals surface area contributed by atoms with E-state index in [2.05, 4.69) is 49.5 Å². The molecule has 3 rings (SSSR count). The fourth-order valence-corrected chi connectivity index (χ4v) is 3.48. The lowest BCUT2D eigenvalue weighted by Gasteiger charge is -2.25. The van der Waals surface area contributed by atoms with Gasteiger partial charge in [0.15, 0.2) is 6.54 Å². The largest absolute Gasteiger partial charge is 0.323 e. The Kier molecular flexibility index (Phi) is 5.31. The zero-order valence-corrected chi connectivity index (χ0v) is 14.6. The van der Waals surface area contributed by atoms with E-state index in [1.165, 1.54) is 21.6 Å². The molecule has 3 nitrogen and oxygen atoms in total. The molecule has 0 saturated carbocycles. The lowest BCUT2D eigenvalue weighted by atomic mass is 9.97. The van der Waals surface area contributed by atoms with Crippen LogP contribution in [0.5, 0.6) is 0 Å². The zero-order chi connectivity index (χ0) is 16.9. The molecule has 0 aromatic heterocycles. The number of benzene rings is 2. The molecule has 1 amide bonds. The monoisotopic (exact) mass is 323 g/mol. The third-order valence-electron chi connectivity index (χ3n) is 5.10. The Bertz CT molecular complexity index is 710. The molecule has 0 fully saturated rings. The molecule has 2 aromatic rings. The topological polar surface area (TPSA) is 33.5 Å². The minimum atomic E-state index is 0.111. The van der Waals surface area contributed by atoms with E-state index in [1.54, 1.807) is 0 Å². The fourth-order valence-electron chi connectivity index (χ4n) is 3.48. The Morgan fingerprint density at radius 2 is 1.83 bits per heavy atom. The van der Waals surface area contributed by atoms with Gasteiger partial charge in [-0.15, -0.1) is 0 Å². The lowest BCUT2D eigenvalue weighted by Crippen LogP contribution is -3.12. The van der Waals surface area contributed by atoms with Crippen molar-refractivity contribution in [2.24, 2.45) is 0 Å². The zero-order valence-electron chi connectivity index (χ0n) is 14.6. The second kappa shape index (κ2) is 7.63. The van der Waals surface area contributed by atoms with Gasteiger partial charge in [0.2, 0.25) is 0 Å². The van der Waals surface area contributed by atoms with Crippen molar-refractivity contribution in [2.45, 2.75) is 39.2 Å². The molecule has 1 aliphatic heterocycles. The van der Waals surface area contributed by atoms with Gasteiger partial charge in [0.05, 0.1) is 6.54 Å². The number of fused-ring (bicyclic) bond motifs is 1. The Morgan fingerprint density at radius 3 is 2.62 bits per heavy atom. The normalized spacial score (nSPS) is 17.8. The van der Waals surface area contributed by atoms with E-state index in [0.717, 1.165) is 31.6 Å². The van der Waals surface area contributed by atoms with Crippen LogP contribution in [0.2, 0.25) is 0 Å². The van der Waals surface area contributed by atoms with Crippen molar-refractivity contribution in [1.82, 2.24) is 0 Å². The van der Waals surface area contributed by atoms with Gasteiger partial charge in [0, 0.05) is 17.7 Å². The number of amides is 1. The van der Waals surface area contributed by atoms with Crippen molar-refractivity contribution >= 4 is 11.6 Å². The maximum Gasteiger partial charge on any atom is 0.279 e. The number of nitrogens with one attached hydrogen (secondary N) is 2. The molecule has 1 aliphatic rings. The molecular formula is C21H27N2O+. The van der Waals surface area contributed by atoms with Crippen LogP contribution in [-0.4, -0.2) is 19.0 Å². The minimum absolute atomic E-state index is 0.111. The summed E-state index contributed by atoms with van der Waals surface area (Å²) in [6.07, 6.45) is 2.13. The third-order valence-corrected chi connectivity index (χ3v) is 5.10. The fraction of sp³-hybridized carbons (Fsp3) is 0.381. The van der Waals surface area contributed by atoms with Crippen molar-refractivity contribution in [3.05, 3.63) is 65.2 Å². The Balaban J connectivity index is 1.63. The van der Waals surface area contributed by atoms with Gasteiger partial charge >= 0.3 is 0 Å². The van der Waals surface area contributed by atoms with Crippen LogP contribution in [0.3, 0.4) is 0 Å². The summed E-state index contributed by atoms with van der Waals surface area (Å²) in [4.78, 5) is 13.9. The van der Waals surface area contributed by atoms with Crippen LogP contribution >= 0.6 is 0 Å². The molecule has 2 atom stereocenters. The van der Waals surface area contributed by atoms with Crippen LogP contribution < -0.4 is 10.2 Å². The number of para-hydroxylation sites is 1. The van der Waals surface area contributed by atoms with Crippen molar-refractivity contribution in [1.29, 1.82) is 0 Å². The van der Waals surface area contributed by atoms with Crippen molar-refractivity contribution < 1.29 is 9.69 Å². The number of carbonyl (C=O) groups is 1. The van der Waals surface area contributed by atoms with Gasteiger partial charge in [-0.2, -0.15) is 0 Å². The molecule has 1 unspecified atom stereocenters. The quantitative estimate of drug-likeness (QED) is 0.871. The molecule has 126 valence electrons. The molecule has 24 heavy (non-hydrogen) atoms. The van der Waals surface area contributed by atoms with Crippen LogP contribution in [0, 0.1) is 0 Å². The number of carbonyl (C=O) groups excluding carboxylic acids is 1. The van der Waals surface area contributed by atoms with E-state index >= 15 is 0 Å². The smallest absolute Gasteiger partial charge is 0.279 e. The maximum atomic E-state index is 12.5. The average molecular weight is 323 g/mol. The van der Waals surface area contributed by atoms with E-state index in [9.17, 15) is 4.79 Å². The Hall–Kier alpha value is -2.13. The summed E-state index contributed by atoms with van der Waals surface area (Å²) in [5.74, 6) is 0.566. The summed E-state index contributed by atoms with van der Waals surface area (Å²) in [7, 11) is 0. The van der Waals surface area contributed by atoms with E-state index in [-0.39, 0.29) is 5.91 Å². The van der Waals surface area contributed by atoms with E-state index < -0.39 is 0 Å². The van der Waals surface area contributed by atoms with E-state index in [1.807, 2.05) is 18.2 Å². The van der Waals surface area contributed by atoms with Crippen LogP contribution in [0.15, 0.2) is 48.5 Å². The van der Waals surface area contributed by atoms with Crippen molar-refractivity contribution in [3.8, 4) is 0 Å². The van der Waals surface area contributed by atoms with Crippen molar-refractivity contribution in [2.75, 3.05) is 18.4 Å². The van der Waals surface area contributed by atoms with E-state index in [4.69, 9.17) is 0 Å². The highest BCUT2D eigenvalue weighted by Gasteiger charge is 2.22. The third kappa shape index (κ3) is 3.85. The van der Waals surface area contributed by atoms with Gasteiger partial charge in [0.1, 0.15) is 6.54 Å². The van der Waals surface area contributed by atoms with Gasteiger partial charge < -0.3 is 10.2 Å². The second-order valence-electron chi connectivity index (χ2n) is 6.82. The minimum Gasteiger partial charge on any atom is -0.323 e. The summed E-state index contributed by atoms with van der Waals surface area (Å²) in [5.41, 5.74) is 5.01. The maximum absolute atomic E-state index is 12.5. The van der Waals surface area contributed by atoms with E-state index in [0.29, 0.717) is 12.5 Å². The highest BCUT2D eigenvalue weighted by atomic mass is 16.2. The standard InChI is InChI=1S/C21H26N2O/c1-3-16(2)19-10-6-7-11-20(19)22-21(24)15-23-13-12-17-8-4-5-9-18(17)14-23/h4-11,16H,3,12-15H2,1-2H3,(H,22,24)/p+1/t16-/m1/s1. The highest BCUT2D eigenvalue weighted by molar-refractivity contribution is 5.92. The number of quaternary nitrogens is 1. The predicted molar refractivity (Wildman–Crippen MR) is 98.3 cm³/mol. The number of rotatable bonds is 5. The summed E-state index contributed by atoms with van der Waals surface area (Å²) in [5, 5.41) is 3.14. The molecule has 2 N–H and O–H groups in total. The Labute approximate surface area is 144 Å². The highest BCUT2D eigenvalue weighted by Crippen LogP contribution is 2.26. The molecule has 0 radical (unpaired) electrons. The van der Waals surface area contributed by atoms with Gasteiger partial charge in [-0.3, -0.25) is 4.79 Å². The summed E-state index contributed by atoms with van der Waals surface area (Å²) < 4.78 is 0. The lowest BCUT2D eigenvalue weighted by molar-refractivity contribution is -0.907. The van der Waals surface area contributed by atoms with Gasteiger partial charge in [-0.25, -0.2) is 0 Å². The summed E-state index contributed by atoms with van der Waals surface area (Å²) in [6, 6.07) is 16.7. The molecule has 0 bridgehead atoms. The molecule has 1 heterocycles. The van der Waals surface area contributed by atoms with Crippen LogP contribution in [0.1, 0.15) is 42.9 Å². The number of hydrogen-bond acceptors (Lipinski definition) is 1. The predicted octanol–water partition coefficient (Wildman–Crippen LogP) is 2.78. The van der Waals surface area contributed by atoms with Crippen molar-refractivity contribution in [3.63, 3.8) is 0 Å². The molecule has 0 saturated heterocycles. The molecule has 2 aromatic carbocycles. The first-order valence-corrected chi connectivity index (χ1v) is 8.96. The first kappa shape index (κ1) is 16.7. The van der Waals surface area contributed by atoms with Gasteiger partial charge in [-0.1, -0.05) is 56.3 Å². The SMILES string of the molecule is CC[C@@H](C)c1ccccc1NC(=O)C[NH+]1CCc2ccccc2C1. The summed E-state index contributed by atoms with van der Waals surface area (Å²) in [6.45, 7) is 6.88. The first-order chi connectivity index (χ1) is 11.7. The Morgan fingerprint density at radius 1 is 1.12 bits per heavy atom. The first-order valence-electron chi connectivity index (χ1n) is 8.96. The summed E-state index contributed by atoms with van der Waals surface area (Å²) >= 11 is 0. The van der Waals surface area contributed by atoms with Crippen LogP contribution in [0.25, 0.3) is 0 Å². The van der Waals surface area contributed by atoms with Crippen LogP contribution in [-0.2, 0) is 17.8 Å². The number of anilines is 1. The number of hydrogen-bond donors (Lipinski definition) is 2. The molecule has 0 spiro atoms. The molecular weight excluding hydrogens is 296 g/mol.